The Morgan fingerprint density at radius 1 is 1.00 bits per heavy atom. The molecule has 1 unspecified atom stereocenters. The minimum absolute atomic E-state index is 0.0255. The molecule has 208 valence electrons. The van der Waals surface area contributed by atoms with Crippen LogP contribution in [0, 0.1) is 6.92 Å². The number of thioether (sulfide) groups is 1. The molecule has 0 spiro atoms. The molecule has 0 saturated carbocycles. The molecule has 1 aromatic heterocycles. The number of carbonyl (C=O) groups excluding carboxylic acids is 1. The number of anilines is 2. The predicted octanol–water partition coefficient (Wildman–Crippen LogP) is 7.48. The maximum atomic E-state index is 14.3. The van der Waals surface area contributed by atoms with Crippen LogP contribution in [0.1, 0.15) is 37.5 Å². The molecule has 0 aliphatic carbocycles. The Hall–Kier alpha value is -3.01. The van der Waals surface area contributed by atoms with Gasteiger partial charge in [0.15, 0.2) is 5.17 Å². The first kappa shape index (κ1) is 26.9. The normalized spacial score (nSPS) is 18.1. The molecular weight excluding hydrogens is 593 g/mol. The topological polar surface area (TPSA) is 51.2 Å². The van der Waals surface area contributed by atoms with Crippen LogP contribution in [0.15, 0.2) is 77.9 Å². The van der Waals surface area contributed by atoms with Crippen LogP contribution in [-0.4, -0.2) is 28.8 Å². The fraction of sp³-hybridized carbons (Fsp3) is 0.226. The van der Waals surface area contributed by atoms with E-state index in [0.29, 0.717) is 15.8 Å². The summed E-state index contributed by atoms with van der Waals surface area (Å²) in [5.74, 6) is 0.697. The zero-order valence-corrected chi connectivity index (χ0v) is 25.5. The van der Waals surface area contributed by atoms with Crippen molar-refractivity contribution in [3.8, 4) is 0 Å². The van der Waals surface area contributed by atoms with Crippen LogP contribution in [-0.2, 0) is 25.3 Å². The van der Waals surface area contributed by atoms with Gasteiger partial charge in [-0.25, -0.2) is 0 Å². The second kappa shape index (κ2) is 11.0. The molecule has 0 saturated heterocycles. The van der Waals surface area contributed by atoms with Crippen LogP contribution in [0.2, 0.25) is 10.0 Å². The van der Waals surface area contributed by atoms with Gasteiger partial charge < -0.3 is 0 Å². The van der Waals surface area contributed by atoms with Crippen LogP contribution in [0.25, 0.3) is 0 Å². The van der Waals surface area contributed by atoms with Crippen LogP contribution in [0.5, 0.6) is 0 Å². The fourth-order valence-corrected chi connectivity index (χ4v) is 8.29. The summed E-state index contributed by atoms with van der Waals surface area (Å²) in [7, 11) is 0. The monoisotopic (exact) mass is 619 g/mol. The van der Waals surface area contributed by atoms with E-state index in [9.17, 15) is 4.79 Å². The number of carbonyl (C=O) groups is 1. The number of rotatable bonds is 5. The van der Waals surface area contributed by atoms with E-state index in [1.807, 2.05) is 47.4 Å². The lowest BCUT2D eigenvalue weighted by Gasteiger charge is -2.39. The Kier molecular flexibility index (Phi) is 7.21. The highest BCUT2D eigenvalue weighted by molar-refractivity contribution is 8.13. The van der Waals surface area contributed by atoms with E-state index < -0.39 is 6.29 Å². The number of hydrogen-bond acceptors (Lipinski definition) is 7. The summed E-state index contributed by atoms with van der Waals surface area (Å²) in [6.45, 7) is 4.69. The molecular formula is C31H27Cl2N5OS2. The molecule has 1 atom stereocenters. The third-order valence-corrected chi connectivity index (χ3v) is 10.6. The molecule has 7 rings (SSSR count). The lowest BCUT2D eigenvalue weighted by atomic mass is 9.99. The third-order valence-electron chi connectivity index (χ3n) is 7.65. The van der Waals surface area contributed by atoms with Gasteiger partial charge >= 0.3 is 0 Å². The van der Waals surface area contributed by atoms with Crippen LogP contribution >= 0.6 is 46.3 Å². The SMILES string of the molecule is Cc1ccc(N2C(=O)c3c(sc4c3CCN(Cc3ccccc3)C4)N3C(SCc4ccc(Cl)c(Cl)c4)=NNC23)cc1. The Morgan fingerprint density at radius 3 is 2.59 bits per heavy atom. The average Bonchev–Trinajstić information content (AvgIpc) is 3.57. The summed E-state index contributed by atoms with van der Waals surface area (Å²) in [6, 6.07) is 24.4. The van der Waals surface area contributed by atoms with Gasteiger partial charge in [0, 0.05) is 36.0 Å². The molecule has 1 amide bonds. The maximum absolute atomic E-state index is 14.3. The number of fused-ring (bicyclic) bond motifs is 5. The number of nitrogens with one attached hydrogen (secondary N) is 1. The first-order valence-electron chi connectivity index (χ1n) is 13.5. The molecule has 1 N–H and O–H groups in total. The van der Waals surface area contributed by atoms with Crippen molar-refractivity contribution in [2.24, 2.45) is 5.10 Å². The zero-order chi connectivity index (χ0) is 28.1. The molecule has 0 bridgehead atoms. The van der Waals surface area contributed by atoms with Gasteiger partial charge in [0.25, 0.3) is 5.91 Å². The van der Waals surface area contributed by atoms with Crippen molar-refractivity contribution in [3.05, 3.63) is 116 Å². The Labute approximate surface area is 257 Å². The average molecular weight is 621 g/mol. The number of amidine groups is 1. The number of hydrogen-bond donors (Lipinski definition) is 1. The van der Waals surface area contributed by atoms with Gasteiger partial charge in [-0.2, -0.15) is 5.10 Å². The Balaban J connectivity index is 1.23. The minimum Gasteiger partial charge on any atom is -0.294 e. The van der Waals surface area contributed by atoms with Crippen LogP contribution in [0.4, 0.5) is 10.7 Å². The molecule has 0 fully saturated rings. The van der Waals surface area contributed by atoms with E-state index in [1.54, 1.807) is 23.1 Å². The highest BCUT2D eigenvalue weighted by Gasteiger charge is 2.47. The second-order valence-corrected chi connectivity index (χ2v) is 13.3. The highest BCUT2D eigenvalue weighted by Crippen LogP contribution is 2.47. The van der Waals surface area contributed by atoms with Gasteiger partial charge in [0.05, 0.1) is 15.6 Å². The van der Waals surface area contributed by atoms with Crippen molar-refractivity contribution < 1.29 is 4.79 Å². The van der Waals surface area contributed by atoms with Crippen molar-refractivity contribution in [2.75, 3.05) is 16.3 Å². The quantitative estimate of drug-likeness (QED) is 0.251. The number of hydrazone groups is 1. The van der Waals surface area contributed by atoms with E-state index in [0.717, 1.165) is 58.6 Å². The number of benzene rings is 3. The van der Waals surface area contributed by atoms with E-state index in [2.05, 4.69) is 52.5 Å². The first-order valence-corrected chi connectivity index (χ1v) is 16.0. The summed E-state index contributed by atoms with van der Waals surface area (Å²) in [5, 5.41) is 7.61. The lowest BCUT2D eigenvalue weighted by Crippen LogP contribution is -2.58. The van der Waals surface area contributed by atoms with Gasteiger partial charge in [0.1, 0.15) is 5.00 Å². The number of halogens is 2. The summed E-state index contributed by atoms with van der Waals surface area (Å²) in [6.07, 6.45) is 0.408. The van der Waals surface area contributed by atoms with Crippen LogP contribution < -0.4 is 15.2 Å². The zero-order valence-electron chi connectivity index (χ0n) is 22.3. The summed E-state index contributed by atoms with van der Waals surface area (Å²) >= 11 is 15.8. The number of amides is 1. The summed E-state index contributed by atoms with van der Waals surface area (Å²) < 4.78 is 0. The van der Waals surface area contributed by atoms with E-state index in [-0.39, 0.29) is 5.91 Å². The lowest BCUT2D eigenvalue weighted by molar-refractivity contribution is 0.0967. The third kappa shape index (κ3) is 5.02. The molecule has 4 heterocycles. The van der Waals surface area contributed by atoms with E-state index in [4.69, 9.17) is 28.3 Å². The van der Waals surface area contributed by atoms with E-state index >= 15 is 0 Å². The number of thiophene rings is 1. The van der Waals surface area contributed by atoms with Gasteiger partial charge in [-0.15, -0.1) is 11.3 Å². The van der Waals surface area contributed by atoms with Gasteiger partial charge in [0.2, 0.25) is 6.29 Å². The Bertz CT molecular complexity index is 1660. The second-order valence-electron chi connectivity index (χ2n) is 10.4. The van der Waals surface area contributed by atoms with Crippen molar-refractivity contribution in [2.45, 2.75) is 38.5 Å². The highest BCUT2D eigenvalue weighted by atomic mass is 35.5. The van der Waals surface area contributed by atoms with Crippen molar-refractivity contribution >= 4 is 68.1 Å². The minimum atomic E-state index is -0.436. The number of nitrogens with zero attached hydrogens (tertiary/aromatic N) is 4. The molecule has 3 aromatic carbocycles. The molecule has 3 aliphatic heterocycles. The predicted molar refractivity (Wildman–Crippen MR) is 171 cm³/mol. The number of aryl methyl sites for hydroxylation is 1. The van der Waals surface area contributed by atoms with Crippen molar-refractivity contribution in [1.29, 1.82) is 0 Å². The fourth-order valence-electron chi connectivity index (χ4n) is 5.58. The standard InChI is InChI=1S/C31H27Cl2N5OS2/c1-19-7-10-22(11-8-19)37-28(39)27-23-13-14-36(16-20-5-3-2-4-6-20)17-26(23)41-29(27)38-30(37)34-35-31(38)40-18-21-9-12-24(32)25(33)15-21/h2-12,15,30,34H,13-14,16-18H2,1H3. The molecule has 10 heteroatoms. The van der Waals surface area contributed by atoms with Gasteiger partial charge in [-0.3, -0.25) is 24.9 Å². The summed E-state index contributed by atoms with van der Waals surface area (Å²) in [4.78, 5) is 22.0. The van der Waals surface area contributed by atoms with Crippen molar-refractivity contribution in [1.82, 2.24) is 10.3 Å². The largest absolute Gasteiger partial charge is 0.294 e. The maximum Gasteiger partial charge on any atom is 0.264 e. The molecule has 41 heavy (non-hydrogen) atoms. The molecule has 0 radical (unpaired) electrons. The molecule has 3 aliphatic rings. The molecule has 4 aromatic rings. The Morgan fingerprint density at radius 2 is 1.80 bits per heavy atom. The first-order chi connectivity index (χ1) is 20.0. The van der Waals surface area contributed by atoms with Crippen LogP contribution in [0.3, 0.4) is 0 Å². The smallest absolute Gasteiger partial charge is 0.264 e. The van der Waals surface area contributed by atoms with Crippen molar-refractivity contribution in [3.63, 3.8) is 0 Å². The summed E-state index contributed by atoms with van der Waals surface area (Å²) in [5.41, 5.74) is 9.61. The van der Waals surface area contributed by atoms with E-state index in [1.165, 1.54) is 16.0 Å². The molecule has 6 nitrogen and oxygen atoms in total. The van der Waals surface area contributed by atoms with Gasteiger partial charge in [-0.1, -0.05) is 89.1 Å². The van der Waals surface area contributed by atoms with Gasteiger partial charge in [-0.05, 0) is 54.3 Å².